The standard InChI is InChI=1S/C25H42.Y/c1-21(2)14-12-10-8-7-9-11-13-18-25(5,6)19-17-24-20-22(3)15-16-23(24)4;/h16,20-21H,5,7-14,17-19H2,1-4,6H3;/q-2;. The van der Waals surface area contributed by atoms with Gasteiger partial charge in [-0.1, -0.05) is 105 Å². The van der Waals surface area contributed by atoms with Crippen LogP contribution in [-0.4, -0.2) is 0 Å². The third-order valence-corrected chi connectivity index (χ3v) is 5.47. The minimum Gasteiger partial charge on any atom is -0.337 e. The van der Waals surface area contributed by atoms with Crippen LogP contribution in [0.3, 0.4) is 0 Å². The van der Waals surface area contributed by atoms with Crippen LogP contribution in [0.5, 0.6) is 0 Å². The Labute approximate surface area is 190 Å². The SMILES string of the molecule is [CH2-]C(C)(CCCCCCCCCC(C)C)CCc1cc(C)[c-]cc1C.[Y]. The van der Waals surface area contributed by atoms with E-state index >= 15 is 0 Å². The number of aryl methyl sites for hydroxylation is 3. The Hall–Kier alpha value is 0.324. The van der Waals surface area contributed by atoms with Crippen molar-refractivity contribution in [1.82, 2.24) is 0 Å². The normalized spacial score (nSPS) is 13.5. The van der Waals surface area contributed by atoms with Crippen molar-refractivity contribution < 1.29 is 32.7 Å². The van der Waals surface area contributed by atoms with Crippen molar-refractivity contribution in [1.29, 1.82) is 0 Å². The first-order valence-corrected chi connectivity index (χ1v) is 10.6. The molecule has 1 rings (SSSR count). The number of unbranched alkanes of at least 4 members (excludes halogenated alkanes) is 6. The summed E-state index contributed by atoms with van der Waals surface area (Å²) in [5.74, 6) is 0.872. The predicted molar refractivity (Wildman–Crippen MR) is 113 cm³/mol. The Morgan fingerprint density at radius 1 is 0.962 bits per heavy atom. The molecule has 1 atom stereocenters. The average molecular weight is 432 g/mol. The van der Waals surface area contributed by atoms with E-state index in [1.54, 1.807) is 0 Å². The van der Waals surface area contributed by atoms with E-state index in [1.807, 2.05) is 0 Å². The molecule has 1 heteroatoms. The molecule has 0 saturated carbocycles. The van der Waals surface area contributed by atoms with Gasteiger partial charge in [-0.2, -0.15) is 40.3 Å². The molecule has 0 nitrogen and oxygen atoms in total. The third kappa shape index (κ3) is 12.7. The van der Waals surface area contributed by atoms with Crippen LogP contribution in [0, 0.1) is 38.2 Å². The summed E-state index contributed by atoms with van der Waals surface area (Å²) in [7, 11) is 0. The first-order chi connectivity index (χ1) is 11.8. The molecular formula is C25H42Y-2. The van der Waals surface area contributed by atoms with E-state index in [9.17, 15) is 0 Å². The molecule has 1 aromatic rings. The molecule has 1 aromatic carbocycles. The first kappa shape index (κ1) is 26.3. The van der Waals surface area contributed by atoms with Crippen LogP contribution in [0.25, 0.3) is 0 Å². The van der Waals surface area contributed by atoms with Crippen LogP contribution >= 0.6 is 0 Å². The molecule has 0 aromatic heterocycles. The number of hydrogen-bond acceptors (Lipinski definition) is 0. The first-order valence-electron chi connectivity index (χ1n) is 10.6. The smallest absolute Gasteiger partial charge is 0 e. The molecule has 0 saturated heterocycles. The van der Waals surface area contributed by atoms with Gasteiger partial charge >= 0.3 is 0 Å². The van der Waals surface area contributed by atoms with Gasteiger partial charge < -0.3 is 6.92 Å². The van der Waals surface area contributed by atoms with Crippen molar-refractivity contribution >= 4 is 0 Å². The minimum absolute atomic E-state index is 0. The van der Waals surface area contributed by atoms with Crippen molar-refractivity contribution in [3.8, 4) is 0 Å². The van der Waals surface area contributed by atoms with E-state index in [2.05, 4.69) is 59.7 Å². The Morgan fingerprint density at radius 3 is 2.15 bits per heavy atom. The fourth-order valence-electron chi connectivity index (χ4n) is 3.55. The van der Waals surface area contributed by atoms with Crippen molar-refractivity contribution in [2.24, 2.45) is 11.3 Å². The molecule has 0 N–H and O–H groups in total. The molecule has 0 heterocycles. The molecule has 0 amide bonds. The van der Waals surface area contributed by atoms with Gasteiger partial charge in [-0.3, -0.25) is 0 Å². The molecule has 0 fully saturated rings. The van der Waals surface area contributed by atoms with Gasteiger partial charge in [0.05, 0.1) is 0 Å². The summed E-state index contributed by atoms with van der Waals surface area (Å²) in [5.41, 5.74) is 4.32. The Balaban J connectivity index is 0.00000625. The number of hydrogen-bond donors (Lipinski definition) is 0. The summed E-state index contributed by atoms with van der Waals surface area (Å²) in [6.45, 7) is 15.8. The van der Waals surface area contributed by atoms with Crippen molar-refractivity contribution in [3.05, 3.63) is 41.8 Å². The maximum absolute atomic E-state index is 4.50. The zero-order valence-corrected chi connectivity index (χ0v) is 21.1. The molecule has 0 aliphatic heterocycles. The van der Waals surface area contributed by atoms with Crippen LogP contribution in [-0.2, 0) is 39.1 Å². The van der Waals surface area contributed by atoms with Crippen LogP contribution < -0.4 is 0 Å². The van der Waals surface area contributed by atoms with Crippen LogP contribution in [0.1, 0.15) is 102 Å². The maximum atomic E-state index is 4.50. The van der Waals surface area contributed by atoms with E-state index in [0.29, 0.717) is 0 Å². The van der Waals surface area contributed by atoms with Crippen LogP contribution in [0.4, 0.5) is 0 Å². The van der Waals surface area contributed by atoms with Gasteiger partial charge in [0.25, 0.3) is 0 Å². The predicted octanol–water partition coefficient (Wildman–Crippen LogP) is 8.04. The quantitative estimate of drug-likeness (QED) is 0.219. The molecule has 0 aliphatic rings. The van der Waals surface area contributed by atoms with Gasteiger partial charge in [-0.25, -0.2) is 0 Å². The number of benzene rings is 1. The molecule has 26 heavy (non-hydrogen) atoms. The fraction of sp³-hybridized carbons (Fsp3) is 0.720. The van der Waals surface area contributed by atoms with E-state index in [4.69, 9.17) is 0 Å². The molecule has 0 bridgehead atoms. The van der Waals surface area contributed by atoms with Crippen LogP contribution in [0.15, 0.2) is 12.1 Å². The van der Waals surface area contributed by atoms with Gasteiger partial charge in [0.1, 0.15) is 0 Å². The van der Waals surface area contributed by atoms with E-state index in [1.165, 1.54) is 80.9 Å². The molecule has 147 valence electrons. The van der Waals surface area contributed by atoms with Crippen molar-refractivity contribution in [2.45, 2.75) is 105 Å². The Bertz CT molecular complexity index is 473. The van der Waals surface area contributed by atoms with Crippen molar-refractivity contribution in [2.75, 3.05) is 0 Å². The van der Waals surface area contributed by atoms with E-state index in [-0.39, 0.29) is 38.1 Å². The summed E-state index contributed by atoms with van der Waals surface area (Å²) in [6.07, 6.45) is 14.8. The molecule has 1 unspecified atom stereocenters. The second kappa shape index (κ2) is 14.3. The molecule has 0 spiro atoms. The summed E-state index contributed by atoms with van der Waals surface area (Å²) in [4.78, 5) is 0. The summed E-state index contributed by atoms with van der Waals surface area (Å²) in [6, 6.07) is 7.72. The maximum Gasteiger partial charge on any atom is 0 e. The Kier molecular flexibility index (Phi) is 14.5. The van der Waals surface area contributed by atoms with Gasteiger partial charge in [0, 0.05) is 32.7 Å². The van der Waals surface area contributed by atoms with Gasteiger partial charge in [0.2, 0.25) is 0 Å². The second-order valence-corrected chi connectivity index (χ2v) is 9.04. The van der Waals surface area contributed by atoms with Crippen molar-refractivity contribution in [3.63, 3.8) is 0 Å². The molecule has 1 radical (unpaired) electrons. The molecule has 0 aliphatic carbocycles. The largest absolute Gasteiger partial charge is 0.337 e. The van der Waals surface area contributed by atoms with Gasteiger partial charge in [0.15, 0.2) is 0 Å². The van der Waals surface area contributed by atoms with Gasteiger partial charge in [-0.15, -0.1) is 0 Å². The molecular weight excluding hydrogens is 389 g/mol. The minimum atomic E-state index is 0. The summed E-state index contributed by atoms with van der Waals surface area (Å²) >= 11 is 0. The average Bonchev–Trinajstić information content (AvgIpc) is 2.54. The monoisotopic (exact) mass is 431 g/mol. The third-order valence-electron chi connectivity index (χ3n) is 5.47. The zero-order chi connectivity index (χ0) is 18.7. The fourth-order valence-corrected chi connectivity index (χ4v) is 3.55. The van der Waals surface area contributed by atoms with Crippen LogP contribution in [0.2, 0.25) is 0 Å². The zero-order valence-electron chi connectivity index (χ0n) is 18.3. The Morgan fingerprint density at radius 2 is 1.54 bits per heavy atom. The van der Waals surface area contributed by atoms with Gasteiger partial charge in [-0.05, 0) is 5.92 Å². The summed E-state index contributed by atoms with van der Waals surface area (Å²) in [5, 5.41) is 0. The number of rotatable bonds is 13. The topological polar surface area (TPSA) is 0 Å². The van der Waals surface area contributed by atoms with E-state index < -0.39 is 0 Å². The summed E-state index contributed by atoms with van der Waals surface area (Å²) < 4.78 is 0. The second-order valence-electron chi connectivity index (χ2n) is 9.04. The van der Waals surface area contributed by atoms with E-state index in [0.717, 1.165) is 12.3 Å².